The smallest absolute Gasteiger partial charge is 0.141 e. The van der Waals surface area contributed by atoms with Gasteiger partial charge in [-0.2, -0.15) is 0 Å². The van der Waals surface area contributed by atoms with Crippen molar-refractivity contribution >= 4 is 28.3 Å². The number of rotatable bonds is 6. The van der Waals surface area contributed by atoms with Crippen LogP contribution >= 0.6 is 22.6 Å². The van der Waals surface area contributed by atoms with E-state index in [-0.39, 0.29) is 0 Å². The third-order valence-electron chi connectivity index (χ3n) is 3.69. The lowest BCUT2D eigenvalue weighted by atomic mass is 10.1. The average molecular weight is 424 g/mol. The predicted molar refractivity (Wildman–Crippen MR) is 89.0 cm³/mol. The molecular formula is C14H21IN2O5. The molecule has 1 heterocycles. The number of aliphatic hydroxyl groups excluding tert-OH is 5. The van der Waals surface area contributed by atoms with Crippen LogP contribution in [0.1, 0.15) is 24.5 Å². The fourth-order valence-electron chi connectivity index (χ4n) is 2.49. The van der Waals surface area contributed by atoms with E-state index in [0.29, 0.717) is 28.5 Å². The molecule has 5 atom stereocenters. The van der Waals surface area contributed by atoms with Gasteiger partial charge >= 0.3 is 0 Å². The zero-order valence-electron chi connectivity index (χ0n) is 11.9. The van der Waals surface area contributed by atoms with Gasteiger partial charge in [-0.25, -0.2) is 4.90 Å². The van der Waals surface area contributed by atoms with E-state index in [4.69, 9.17) is 0 Å². The summed E-state index contributed by atoms with van der Waals surface area (Å²) in [6.07, 6.45) is -4.56. The third kappa shape index (κ3) is 4.07. The van der Waals surface area contributed by atoms with E-state index in [1.807, 2.05) is 0 Å². The highest BCUT2D eigenvalue weighted by atomic mass is 127. The van der Waals surface area contributed by atoms with Gasteiger partial charge < -0.3 is 30.8 Å². The Labute approximate surface area is 142 Å². The van der Waals surface area contributed by atoms with Crippen molar-refractivity contribution in [3.8, 4) is 0 Å². The molecule has 1 aliphatic heterocycles. The van der Waals surface area contributed by atoms with Crippen LogP contribution in [0.25, 0.3) is 0 Å². The van der Waals surface area contributed by atoms with Crippen LogP contribution in [0.5, 0.6) is 0 Å². The van der Waals surface area contributed by atoms with Crippen LogP contribution in [-0.4, -0.2) is 59.8 Å². The molecule has 0 spiro atoms. The second kappa shape index (κ2) is 7.86. The van der Waals surface area contributed by atoms with Crippen molar-refractivity contribution < 1.29 is 25.5 Å². The van der Waals surface area contributed by atoms with E-state index >= 15 is 0 Å². The van der Waals surface area contributed by atoms with Crippen LogP contribution in [0.3, 0.4) is 0 Å². The van der Waals surface area contributed by atoms with Gasteiger partial charge in [-0.1, -0.05) is 34.7 Å². The number of likely N-dealkylation sites (tertiary alicyclic amines) is 1. The van der Waals surface area contributed by atoms with Crippen LogP contribution in [0, 0.1) is 0 Å². The first-order valence-corrected chi connectivity index (χ1v) is 8.57. The van der Waals surface area contributed by atoms with Crippen LogP contribution in [0.15, 0.2) is 24.3 Å². The number of hydrogen-bond donors (Lipinski definition) is 6. The van der Waals surface area contributed by atoms with Crippen molar-refractivity contribution in [2.24, 2.45) is 0 Å². The van der Waals surface area contributed by atoms with Crippen LogP contribution in [-0.2, 0) is 0 Å². The highest BCUT2D eigenvalue weighted by Gasteiger charge is 2.38. The lowest BCUT2D eigenvalue weighted by Gasteiger charge is -2.32. The molecule has 8 heteroatoms. The summed E-state index contributed by atoms with van der Waals surface area (Å²) in [4.78, 5) is 1.09. The first kappa shape index (κ1) is 17.9. The maximum atomic E-state index is 10.2. The van der Waals surface area contributed by atoms with Crippen molar-refractivity contribution in [1.82, 2.24) is 4.90 Å². The van der Waals surface area contributed by atoms with E-state index in [1.54, 1.807) is 24.3 Å². The van der Waals surface area contributed by atoms with E-state index in [9.17, 15) is 25.5 Å². The summed E-state index contributed by atoms with van der Waals surface area (Å²) >= 11 is 2.05. The SMILES string of the molecule is OC(CI)Nc1ccc(C(O)[C@H](O)N2C(O)CCC2O)cc1. The molecule has 1 aromatic rings. The largest absolute Gasteiger partial charge is 0.384 e. The van der Waals surface area contributed by atoms with Crippen molar-refractivity contribution in [2.45, 2.75) is 43.9 Å². The lowest BCUT2D eigenvalue weighted by molar-refractivity contribution is -0.181. The second-order valence-electron chi connectivity index (χ2n) is 5.28. The average Bonchev–Trinajstić information content (AvgIpc) is 2.85. The summed E-state index contributed by atoms with van der Waals surface area (Å²) in [7, 11) is 0. The number of nitrogens with one attached hydrogen (secondary N) is 1. The number of hydrogen-bond acceptors (Lipinski definition) is 7. The second-order valence-corrected chi connectivity index (χ2v) is 6.16. The van der Waals surface area contributed by atoms with Crippen LogP contribution < -0.4 is 5.32 Å². The quantitative estimate of drug-likeness (QED) is 0.215. The maximum absolute atomic E-state index is 10.2. The molecule has 0 bridgehead atoms. The van der Waals surface area contributed by atoms with Gasteiger partial charge in [-0.05, 0) is 30.5 Å². The van der Waals surface area contributed by atoms with Crippen LogP contribution in [0.4, 0.5) is 5.69 Å². The molecule has 0 radical (unpaired) electrons. The molecule has 22 heavy (non-hydrogen) atoms. The van der Waals surface area contributed by atoms with Gasteiger partial charge in [-0.15, -0.1) is 0 Å². The van der Waals surface area contributed by atoms with Gasteiger partial charge in [0.2, 0.25) is 0 Å². The Bertz CT molecular complexity index is 465. The number of nitrogens with zero attached hydrogens (tertiary/aromatic N) is 1. The van der Waals surface area contributed by atoms with E-state index in [0.717, 1.165) is 4.90 Å². The van der Waals surface area contributed by atoms with Gasteiger partial charge in [-0.3, -0.25) is 0 Å². The Hall–Kier alpha value is -0.490. The fraction of sp³-hybridized carbons (Fsp3) is 0.571. The number of halogens is 1. The number of alkyl halides is 1. The van der Waals surface area contributed by atoms with Crippen molar-refractivity contribution in [3.63, 3.8) is 0 Å². The van der Waals surface area contributed by atoms with Crippen LogP contribution in [0.2, 0.25) is 0 Å². The van der Waals surface area contributed by atoms with Gasteiger partial charge in [0.05, 0.1) is 0 Å². The zero-order valence-corrected chi connectivity index (χ0v) is 14.0. The zero-order chi connectivity index (χ0) is 16.3. The molecule has 1 aromatic carbocycles. The normalized spacial score (nSPS) is 26.6. The standard InChI is InChI=1S/C14H21IN2O5/c15-7-10(18)16-9-3-1-8(2-4-9)13(21)14(22)17-11(19)5-6-12(17)20/h1-4,10-14,16,18-22H,5-7H2/t10?,11?,12?,13?,14-/m0/s1. The Morgan fingerprint density at radius 1 is 1.09 bits per heavy atom. The first-order chi connectivity index (χ1) is 10.4. The molecule has 0 amide bonds. The highest BCUT2D eigenvalue weighted by Crippen LogP contribution is 2.29. The first-order valence-electron chi connectivity index (χ1n) is 7.04. The molecule has 0 aliphatic carbocycles. The third-order valence-corrected chi connectivity index (χ3v) is 4.53. The Balaban J connectivity index is 2.04. The molecule has 2 rings (SSSR count). The molecule has 4 unspecified atom stereocenters. The van der Waals surface area contributed by atoms with Gasteiger partial charge in [0.25, 0.3) is 0 Å². The summed E-state index contributed by atoms with van der Waals surface area (Å²) < 4.78 is 0.533. The minimum atomic E-state index is -1.40. The lowest BCUT2D eigenvalue weighted by Crippen LogP contribution is -2.47. The van der Waals surface area contributed by atoms with E-state index in [2.05, 4.69) is 27.9 Å². The minimum Gasteiger partial charge on any atom is -0.384 e. The molecule has 7 nitrogen and oxygen atoms in total. The number of aliphatic hydroxyl groups is 5. The predicted octanol–water partition coefficient (Wildman–Crippen LogP) is -0.0637. The van der Waals surface area contributed by atoms with Crippen molar-refractivity contribution in [1.29, 1.82) is 0 Å². The monoisotopic (exact) mass is 424 g/mol. The van der Waals surface area contributed by atoms with Gasteiger partial charge in [0.1, 0.15) is 31.0 Å². The summed E-state index contributed by atoms with van der Waals surface area (Å²) in [5.41, 5.74) is 1.14. The molecule has 124 valence electrons. The molecular weight excluding hydrogens is 403 g/mol. The van der Waals surface area contributed by atoms with Gasteiger partial charge in [0.15, 0.2) is 0 Å². The van der Waals surface area contributed by atoms with Crippen molar-refractivity contribution in [2.75, 3.05) is 9.74 Å². The number of benzene rings is 1. The summed E-state index contributed by atoms with van der Waals surface area (Å²) in [6, 6.07) is 6.59. The Kier molecular flexibility index (Phi) is 6.38. The highest BCUT2D eigenvalue weighted by molar-refractivity contribution is 14.1. The molecule has 1 fully saturated rings. The Morgan fingerprint density at radius 3 is 2.14 bits per heavy atom. The molecule has 1 aliphatic rings. The van der Waals surface area contributed by atoms with Crippen molar-refractivity contribution in [3.05, 3.63) is 29.8 Å². The molecule has 6 N–H and O–H groups in total. The summed E-state index contributed by atoms with van der Waals surface area (Å²) in [6.45, 7) is 0. The summed E-state index contributed by atoms with van der Waals surface area (Å²) in [5.74, 6) is 0. The summed E-state index contributed by atoms with van der Waals surface area (Å²) in [5, 5.41) is 52.3. The fourth-order valence-corrected chi connectivity index (χ4v) is 2.71. The molecule has 0 saturated carbocycles. The Morgan fingerprint density at radius 2 is 1.64 bits per heavy atom. The molecule has 0 aromatic heterocycles. The minimum absolute atomic E-state index is 0.349. The topological polar surface area (TPSA) is 116 Å². The van der Waals surface area contributed by atoms with E-state index < -0.39 is 31.0 Å². The maximum Gasteiger partial charge on any atom is 0.141 e. The molecule has 1 saturated heterocycles. The van der Waals surface area contributed by atoms with E-state index in [1.165, 1.54) is 0 Å². The van der Waals surface area contributed by atoms with Gasteiger partial charge in [0, 0.05) is 10.1 Å². The number of anilines is 1.